The first-order valence-corrected chi connectivity index (χ1v) is 13.0. The van der Waals surface area contributed by atoms with E-state index in [4.69, 9.17) is 9.15 Å². The molecule has 38 heavy (non-hydrogen) atoms. The second-order valence-corrected chi connectivity index (χ2v) is 9.87. The molecule has 2 aromatic carbocycles. The number of furan rings is 1. The lowest BCUT2D eigenvalue weighted by Crippen LogP contribution is -2.35. The molecule has 0 amide bonds. The highest BCUT2D eigenvalue weighted by molar-refractivity contribution is 5.79. The first-order chi connectivity index (χ1) is 18.6. The number of aryl methyl sites for hydroxylation is 1. The standard InChI is InChI=1S/C29H30N6O3/c1-20-11-12-22-16-25(29(36)30-26(22)15-20)27(28-31-32-33-35(28)19-24-10-6-14-38-24)34(18-23-9-5-13-37-23)17-21-7-3-2-4-8-21/h2-5,7-9,11-13,15-16,24,27H,6,10,14,17-19H2,1H3,(H,30,36)/t24-,27-/m1/s1. The molecule has 1 aliphatic rings. The van der Waals surface area contributed by atoms with Crippen molar-refractivity contribution in [3.8, 4) is 0 Å². The Morgan fingerprint density at radius 1 is 1.11 bits per heavy atom. The number of nitrogens with zero attached hydrogens (tertiary/aromatic N) is 5. The van der Waals surface area contributed by atoms with E-state index in [0.717, 1.165) is 47.2 Å². The van der Waals surface area contributed by atoms with Gasteiger partial charge in [-0.2, -0.15) is 0 Å². The molecule has 3 aromatic heterocycles. The lowest BCUT2D eigenvalue weighted by atomic mass is 10.0. The smallest absolute Gasteiger partial charge is 0.253 e. The summed E-state index contributed by atoms with van der Waals surface area (Å²) in [4.78, 5) is 19.0. The fourth-order valence-electron chi connectivity index (χ4n) is 5.21. The van der Waals surface area contributed by atoms with Crippen LogP contribution >= 0.6 is 0 Å². The van der Waals surface area contributed by atoms with Crippen molar-refractivity contribution in [2.24, 2.45) is 0 Å². The van der Waals surface area contributed by atoms with Crippen molar-refractivity contribution in [1.29, 1.82) is 0 Å². The van der Waals surface area contributed by atoms with Crippen molar-refractivity contribution in [2.75, 3.05) is 6.61 Å². The summed E-state index contributed by atoms with van der Waals surface area (Å²) in [6.45, 7) is 4.31. The molecule has 6 rings (SSSR count). The molecule has 1 aliphatic heterocycles. The molecule has 1 fully saturated rings. The van der Waals surface area contributed by atoms with E-state index < -0.39 is 6.04 Å². The molecule has 4 heterocycles. The Hall–Kier alpha value is -4.08. The van der Waals surface area contributed by atoms with E-state index in [2.05, 4.69) is 37.5 Å². The van der Waals surface area contributed by atoms with Crippen LogP contribution < -0.4 is 5.56 Å². The van der Waals surface area contributed by atoms with E-state index >= 15 is 0 Å². The van der Waals surface area contributed by atoms with Gasteiger partial charge in [0.2, 0.25) is 0 Å². The van der Waals surface area contributed by atoms with Crippen LogP contribution in [0.1, 0.15) is 47.2 Å². The van der Waals surface area contributed by atoms with Gasteiger partial charge in [0.1, 0.15) is 11.8 Å². The second-order valence-electron chi connectivity index (χ2n) is 9.87. The van der Waals surface area contributed by atoms with E-state index in [9.17, 15) is 4.79 Å². The average Bonchev–Trinajstić information content (AvgIpc) is 3.70. The van der Waals surface area contributed by atoms with Crippen LogP contribution in [0.2, 0.25) is 0 Å². The van der Waals surface area contributed by atoms with Gasteiger partial charge in [-0.15, -0.1) is 5.10 Å². The largest absolute Gasteiger partial charge is 0.468 e. The zero-order valence-electron chi connectivity index (χ0n) is 21.3. The number of nitrogens with one attached hydrogen (secondary N) is 1. The zero-order chi connectivity index (χ0) is 25.9. The molecule has 9 nitrogen and oxygen atoms in total. The number of benzene rings is 2. The number of pyridine rings is 1. The van der Waals surface area contributed by atoms with Crippen LogP contribution in [0.15, 0.2) is 82.2 Å². The Kier molecular flexibility index (Phi) is 6.85. The van der Waals surface area contributed by atoms with Crippen LogP contribution in [-0.2, 0) is 24.4 Å². The van der Waals surface area contributed by atoms with Gasteiger partial charge in [0, 0.05) is 24.2 Å². The molecule has 1 saturated heterocycles. The number of hydrogen-bond donors (Lipinski definition) is 1. The van der Waals surface area contributed by atoms with E-state index in [0.29, 0.717) is 31.0 Å². The summed E-state index contributed by atoms with van der Waals surface area (Å²) in [5.41, 5.74) is 3.40. The molecule has 0 unspecified atom stereocenters. The van der Waals surface area contributed by atoms with Gasteiger partial charge in [-0.1, -0.05) is 42.5 Å². The maximum atomic E-state index is 13.7. The summed E-state index contributed by atoms with van der Waals surface area (Å²) >= 11 is 0. The van der Waals surface area contributed by atoms with Crippen molar-refractivity contribution in [1.82, 2.24) is 30.1 Å². The van der Waals surface area contributed by atoms with Crippen molar-refractivity contribution >= 4 is 10.9 Å². The van der Waals surface area contributed by atoms with Gasteiger partial charge in [0.25, 0.3) is 5.56 Å². The lowest BCUT2D eigenvalue weighted by Gasteiger charge is -2.30. The van der Waals surface area contributed by atoms with Crippen molar-refractivity contribution in [2.45, 2.75) is 51.5 Å². The van der Waals surface area contributed by atoms with Gasteiger partial charge in [-0.05, 0) is 71.0 Å². The SMILES string of the molecule is Cc1ccc2cc([C@H](c3nnnn3C[C@H]3CCCO3)N(Cc3ccccc3)Cc3ccco3)c(=O)[nH]c2c1. The minimum absolute atomic E-state index is 0.0448. The van der Waals surface area contributed by atoms with Crippen LogP contribution in [-0.4, -0.2) is 42.8 Å². The Bertz CT molecular complexity index is 1550. The summed E-state index contributed by atoms with van der Waals surface area (Å²) in [5.74, 6) is 1.39. The molecule has 2 atom stereocenters. The minimum Gasteiger partial charge on any atom is -0.468 e. The summed E-state index contributed by atoms with van der Waals surface area (Å²) in [6, 6.07) is 21.5. The summed E-state index contributed by atoms with van der Waals surface area (Å²) in [7, 11) is 0. The molecular formula is C29H30N6O3. The highest BCUT2D eigenvalue weighted by atomic mass is 16.5. The first kappa shape index (κ1) is 24.3. The molecule has 0 bridgehead atoms. The maximum absolute atomic E-state index is 13.7. The van der Waals surface area contributed by atoms with Gasteiger partial charge in [0.05, 0.1) is 25.5 Å². The molecule has 9 heteroatoms. The highest BCUT2D eigenvalue weighted by Gasteiger charge is 2.32. The van der Waals surface area contributed by atoms with Gasteiger partial charge in [0.15, 0.2) is 5.82 Å². The molecule has 1 N–H and O–H groups in total. The van der Waals surface area contributed by atoms with Gasteiger partial charge < -0.3 is 14.1 Å². The fourth-order valence-corrected chi connectivity index (χ4v) is 5.21. The number of rotatable bonds is 9. The summed E-state index contributed by atoms with van der Waals surface area (Å²) in [5, 5.41) is 13.8. The molecule has 0 radical (unpaired) electrons. The molecule has 0 saturated carbocycles. The number of tetrazole rings is 1. The Balaban J connectivity index is 1.50. The maximum Gasteiger partial charge on any atom is 0.253 e. The average molecular weight is 511 g/mol. The first-order valence-electron chi connectivity index (χ1n) is 13.0. The van der Waals surface area contributed by atoms with Gasteiger partial charge in [-0.25, -0.2) is 4.68 Å². The zero-order valence-corrected chi connectivity index (χ0v) is 21.3. The van der Waals surface area contributed by atoms with Gasteiger partial charge >= 0.3 is 0 Å². The predicted molar refractivity (Wildman–Crippen MR) is 142 cm³/mol. The van der Waals surface area contributed by atoms with Crippen LogP contribution in [0.25, 0.3) is 10.9 Å². The quantitative estimate of drug-likeness (QED) is 0.314. The number of ether oxygens (including phenoxy) is 1. The summed E-state index contributed by atoms with van der Waals surface area (Å²) in [6.07, 6.45) is 3.69. The fraction of sp³-hybridized carbons (Fsp3) is 0.310. The minimum atomic E-state index is -0.536. The predicted octanol–water partition coefficient (Wildman–Crippen LogP) is 4.39. The number of fused-ring (bicyclic) bond motifs is 1. The Morgan fingerprint density at radius 3 is 2.79 bits per heavy atom. The Labute approximate surface area is 220 Å². The van der Waals surface area contributed by atoms with Crippen LogP contribution in [0.3, 0.4) is 0 Å². The second kappa shape index (κ2) is 10.7. The topological polar surface area (TPSA) is 102 Å². The van der Waals surface area contributed by atoms with E-state index in [1.165, 1.54) is 0 Å². The highest BCUT2D eigenvalue weighted by Crippen LogP contribution is 2.31. The molecular weight excluding hydrogens is 480 g/mol. The van der Waals surface area contributed by atoms with Crippen LogP contribution in [0.5, 0.6) is 0 Å². The third kappa shape index (κ3) is 5.16. The third-order valence-electron chi connectivity index (χ3n) is 7.06. The van der Waals surface area contributed by atoms with Gasteiger partial charge in [-0.3, -0.25) is 9.69 Å². The van der Waals surface area contributed by atoms with Crippen molar-refractivity contribution < 1.29 is 9.15 Å². The monoisotopic (exact) mass is 510 g/mol. The normalized spacial score (nSPS) is 16.4. The summed E-state index contributed by atoms with van der Waals surface area (Å²) < 4.78 is 13.4. The van der Waals surface area contributed by atoms with Crippen LogP contribution in [0.4, 0.5) is 0 Å². The Morgan fingerprint density at radius 2 is 2.00 bits per heavy atom. The van der Waals surface area contributed by atoms with Crippen molar-refractivity contribution in [3.63, 3.8) is 0 Å². The number of hydrogen-bond acceptors (Lipinski definition) is 7. The van der Waals surface area contributed by atoms with Crippen LogP contribution in [0, 0.1) is 6.92 Å². The van der Waals surface area contributed by atoms with E-state index in [1.807, 2.05) is 61.5 Å². The lowest BCUT2D eigenvalue weighted by molar-refractivity contribution is 0.0901. The molecule has 194 valence electrons. The van der Waals surface area contributed by atoms with E-state index in [-0.39, 0.29) is 11.7 Å². The number of aromatic nitrogens is 5. The van der Waals surface area contributed by atoms with E-state index in [1.54, 1.807) is 10.9 Å². The molecule has 0 spiro atoms. The number of aromatic amines is 1. The number of H-pyrrole nitrogens is 1. The molecule has 5 aromatic rings. The molecule has 0 aliphatic carbocycles. The van der Waals surface area contributed by atoms with Crippen molar-refractivity contribution in [3.05, 3.63) is 112 Å². The third-order valence-corrected chi connectivity index (χ3v) is 7.06.